The van der Waals surface area contributed by atoms with Crippen molar-refractivity contribution < 1.29 is 53.4 Å². The van der Waals surface area contributed by atoms with Crippen molar-refractivity contribution in [3.8, 4) is 0 Å². The fourth-order valence-corrected chi connectivity index (χ4v) is 10.4. The highest BCUT2D eigenvalue weighted by Crippen LogP contribution is 2.48. The summed E-state index contributed by atoms with van der Waals surface area (Å²) >= 11 is 0. The van der Waals surface area contributed by atoms with Crippen LogP contribution in [0, 0.1) is 23.7 Å². The third kappa shape index (κ3) is 8.17. The van der Waals surface area contributed by atoms with Gasteiger partial charge >= 0.3 is 5.97 Å². The number of esters is 1. The SMILES string of the molecule is CO[C@@H]1C[C@@H](O[C@H]2/C(C)=C/C[C@H]3C[C@H](C[C@@]4(CC[C@@H](C)[C@H](C5CCCCC5)O4)O3)OC(=O)[C@H]3C=C(C)/C(=N/O)[C@@H]4OC/C(=C\C=C\[C@H]2C)[C@]34O)O[C@H](C)[C@H]1O. The Morgan fingerprint density at radius 1 is 1.02 bits per heavy atom. The number of aliphatic hydroxyl groups excluding tert-OH is 1. The minimum Gasteiger partial charge on any atom is -0.462 e. The van der Waals surface area contributed by atoms with E-state index in [1.165, 1.54) is 19.3 Å². The first-order valence-electron chi connectivity index (χ1n) is 20.7. The van der Waals surface area contributed by atoms with E-state index >= 15 is 0 Å². The lowest BCUT2D eigenvalue weighted by atomic mass is 9.71. The molecule has 1 spiro atoms. The fourth-order valence-electron chi connectivity index (χ4n) is 10.4. The first-order valence-corrected chi connectivity index (χ1v) is 20.7. The molecule has 1 saturated carbocycles. The molecule has 55 heavy (non-hydrogen) atoms. The second-order valence-electron chi connectivity index (χ2n) is 17.4. The summed E-state index contributed by atoms with van der Waals surface area (Å²) in [6.45, 7) is 10.0. The second kappa shape index (κ2) is 16.8. The van der Waals surface area contributed by atoms with Crippen molar-refractivity contribution in [1.29, 1.82) is 0 Å². The molecule has 7 rings (SSSR count). The van der Waals surface area contributed by atoms with Crippen molar-refractivity contribution in [2.75, 3.05) is 13.7 Å². The molecule has 0 amide bonds. The van der Waals surface area contributed by atoms with Crippen molar-refractivity contribution in [3.05, 3.63) is 47.1 Å². The van der Waals surface area contributed by atoms with E-state index in [9.17, 15) is 20.2 Å². The smallest absolute Gasteiger partial charge is 0.316 e. The Morgan fingerprint density at radius 2 is 1.80 bits per heavy atom. The van der Waals surface area contributed by atoms with Crippen molar-refractivity contribution in [2.45, 2.75) is 172 Å². The summed E-state index contributed by atoms with van der Waals surface area (Å²) < 4.78 is 45.1. The summed E-state index contributed by atoms with van der Waals surface area (Å²) in [6, 6.07) is 0. The van der Waals surface area contributed by atoms with Gasteiger partial charge in [0.25, 0.3) is 0 Å². The maximum atomic E-state index is 14.4. The number of hydrogen-bond acceptors (Lipinski definition) is 12. The molecule has 12 nitrogen and oxygen atoms in total. The predicted octanol–water partition coefficient (Wildman–Crippen LogP) is 6.07. The van der Waals surface area contributed by atoms with E-state index < -0.39 is 66.2 Å². The Balaban J connectivity index is 1.25. The summed E-state index contributed by atoms with van der Waals surface area (Å²) in [5.41, 5.74) is 0.362. The molecule has 306 valence electrons. The number of allylic oxidation sites excluding steroid dienone is 2. The molecule has 2 aliphatic carbocycles. The molecule has 0 radical (unpaired) electrons. The lowest BCUT2D eigenvalue weighted by Crippen LogP contribution is -2.57. The van der Waals surface area contributed by atoms with Gasteiger partial charge in [0.15, 0.2) is 12.1 Å². The van der Waals surface area contributed by atoms with Gasteiger partial charge in [0, 0.05) is 38.7 Å². The standard InChI is InChI=1S/C43H63NO11/c1-24-11-10-14-30-23-50-40-36(44-48)27(4)19-33(43(30,40)47)41(46)52-32-20-31(16-15-25(2)38(24)53-35-21-34(49-6)37(45)28(5)51-35)54-42(22-32)18-17-26(3)39(55-42)29-12-8-7-9-13-29/h10-11,14-15,19,24,26,28-29,31-35,37-40,45,47-48H,7-9,12-13,16-18,20-23H2,1-6H3/b11-10+,25-15+,30-14+,44-36-/t24-,26-,28-,31+,32-,33-,34-,35-,37-,38-,39-,40+,42+,43+/m1/s1. The second-order valence-corrected chi connectivity index (χ2v) is 17.4. The predicted molar refractivity (Wildman–Crippen MR) is 203 cm³/mol. The number of carbonyl (C=O) groups is 1. The highest BCUT2D eigenvalue weighted by Gasteiger charge is 2.60. The van der Waals surface area contributed by atoms with Gasteiger partial charge < -0.3 is 48.6 Å². The van der Waals surface area contributed by atoms with Crippen LogP contribution in [0.25, 0.3) is 0 Å². The largest absolute Gasteiger partial charge is 0.462 e. The first kappa shape index (κ1) is 40.8. The highest BCUT2D eigenvalue weighted by molar-refractivity contribution is 6.06. The molecule has 12 heteroatoms. The van der Waals surface area contributed by atoms with Gasteiger partial charge in [-0.2, -0.15) is 0 Å². The number of carbonyl (C=O) groups excluding carboxylic acids is 1. The first-order chi connectivity index (χ1) is 26.4. The number of rotatable bonds is 4. The number of fused-ring (bicyclic) bond motifs is 2. The molecule has 14 atom stereocenters. The number of aliphatic hydroxyl groups is 2. The average Bonchev–Trinajstić information content (AvgIpc) is 3.50. The summed E-state index contributed by atoms with van der Waals surface area (Å²) in [6.07, 6.45) is 14.4. The van der Waals surface area contributed by atoms with Crippen LogP contribution in [-0.4, -0.2) is 107 Å². The van der Waals surface area contributed by atoms with Crippen molar-refractivity contribution in [2.24, 2.45) is 28.8 Å². The molecule has 3 N–H and O–H groups in total. The van der Waals surface area contributed by atoms with Gasteiger partial charge in [0.05, 0.1) is 37.1 Å². The van der Waals surface area contributed by atoms with E-state index in [1.54, 1.807) is 26.2 Å². The minimum atomic E-state index is -1.83. The Kier molecular flexibility index (Phi) is 12.5. The van der Waals surface area contributed by atoms with Crippen LogP contribution < -0.4 is 0 Å². The van der Waals surface area contributed by atoms with Gasteiger partial charge in [-0.15, -0.1) is 0 Å². The molecule has 5 aliphatic heterocycles. The Labute approximate surface area is 325 Å². The molecule has 5 fully saturated rings. The van der Waals surface area contributed by atoms with Crippen molar-refractivity contribution >= 4 is 11.7 Å². The van der Waals surface area contributed by atoms with Crippen LogP contribution in [0.15, 0.2) is 52.3 Å². The van der Waals surface area contributed by atoms with Gasteiger partial charge in [-0.3, -0.25) is 4.79 Å². The van der Waals surface area contributed by atoms with E-state index in [0.717, 1.165) is 24.8 Å². The summed E-state index contributed by atoms with van der Waals surface area (Å²) in [7, 11) is 1.59. The van der Waals surface area contributed by atoms with Crippen LogP contribution in [0.1, 0.15) is 105 Å². The Morgan fingerprint density at radius 3 is 2.55 bits per heavy atom. The fraction of sp³-hybridized carbons (Fsp3) is 0.767. The molecule has 0 aromatic rings. The van der Waals surface area contributed by atoms with Gasteiger partial charge in [-0.05, 0) is 75.0 Å². The van der Waals surface area contributed by atoms with Crippen LogP contribution in [0.2, 0.25) is 0 Å². The van der Waals surface area contributed by atoms with E-state index in [4.69, 9.17) is 33.2 Å². The van der Waals surface area contributed by atoms with Gasteiger partial charge in [-0.1, -0.05) is 68.6 Å². The Bertz CT molecular complexity index is 1550. The molecule has 0 aromatic heterocycles. The normalized spacial score (nSPS) is 47.9. The maximum Gasteiger partial charge on any atom is 0.316 e. The Hall–Kier alpha value is -2.42. The quantitative estimate of drug-likeness (QED) is 0.132. The number of methoxy groups -OCH3 is 1. The molecular weight excluding hydrogens is 706 g/mol. The van der Waals surface area contributed by atoms with Crippen LogP contribution >= 0.6 is 0 Å². The molecule has 4 saturated heterocycles. The van der Waals surface area contributed by atoms with Crippen molar-refractivity contribution in [3.63, 3.8) is 0 Å². The molecule has 0 aromatic carbocycles. The number of hydrogen-bond donors (Lipinski definition) is 3. The number of nitrogens with zero attached hydrogens (tertiary/aromatic N) is 1. The van der Waals surface area contributed by atoms with Crippen LogP contribution in [0.4, 0.5) is 0 Å². The topological polar surface area (TPSA) is 155 Å². The summed E-state index contributed by atoms with van der Waals surface area (Å²) in [5.74, 6) is -1.83. The van der Waals surface area contributed by atoms with Crippen LogP contribution in [-0.2, 0) is 38.0 Å². The van der Waals surface area contributed by atoms with Crippen LogP contribution in [0.3, 0.4) is 0 Å². The third-order valence-electron chi connectivity index (χ3n) is 13.6. The van der Waals surface area contributed by atoms with Gasteiger partial charge in [0.1, 0.15) is 35.5 Å². The molecule has 0 unspecified atom stereocenters. The summed E-state index contributed by atoms with van der Waals surface area (Å²) in [5, 5.41) is 36.7. The molecular formula is C43H63NO11. The third-order valence-corrected chi connectivity index (χ3v) is 13.6. The molecule has 7 aliphatic rings. The monoisotopic (exact) mass is 769 g/mol. The van der Waals surface area contributed by atoms with E-state index in [2.05, 4.69) is 32.0 Å². The highest BCUT2D eigenvalue weighted by atomic mass is 16.7. The molecule has 5 heterocycles. The van der Waals surface area contributed by atoms with Gasteiger partial charge in [0.2, 0.25) is 0 Å². The zero-order valence-electron chi connectivity index (χ0n) is 33.4. The lowest BCUT2D eigenvalue weighted by Gasteiger charge is -2.51. The minimum absolute atomic E-state index is 0.0359. The number of oxime groups is 1. The summed E-state index contributed by atoms with van der Waals surface area (Å²) in [4.78, 5) is 14.4. The van der Waals surface area contributed by atoms with Crippen molar-refractivity contribution in [1.82, 2.24) is 0 Å². The molecule has 2 bridgehead atoms. The lowest BCUT2D eigenvalue weighted by molar-refractivity contribution is -0.342. The zero-order valence-corrected chi connectivity index (χ0v) is 33.4. The maximum absolute atomic E-state index is 14.4. The zero-order chi connectivity index (χ0) is 39.1. The van der Waals surface area contributed by atoms with E-state index in [1.807, 2.05) is 19.1 Å². The van der Waals surface area contributed by atoms with E-state index in [0.29, 0.717) is 55.1 Å². The van der Waals surface area contributed by atoms with Crippen LogP contribution in [0.5, 0.6) is 0 Å². The number of ether oxygens (including phenoxy) is 7. The van der Waals surface area contributed by atoms with Gasteiger partial charge in [-0.25, -0.2) is 0 Å². The van der Waals surface area contributed by atoms with E-state index in [-0.39, 0.29) is 30.4 Å². The average molecular weight is 770 g/mol.